The van der Waals surface area contributed by atoms with E-state index >= 15 is 0 Å². The van der Waals surface area contributed by atoms with Crippen LogP contribution in [0.1, 0.15) is 38.2 Å². The molecule has 0 bridgehead atoms. The molecular formula is C16H25N3. The highest BCUT2D eigenvalue weighted by molar-refractivity contribution is 5.84. The summed E-state index contributed by atoms with van der Waals surface area (Å²) in [7, 11) is 0. The number of rotatable bonds is 4. The van der Waals surface area contributed by atoms with Gasteiger partial charge in [-0.25, -0.2) is 0 Å². The predicted molar refractivity (Wildman–Crippen MR) is 80.5 cm³/mol. The fraction of sp³-hybridized carbons (Fsp3) is 0.562. The van der Waals surface area contributed by atoms with Crippen molar-refractivity contribution in [1.82, 2.24) is 4.90 Å². The van der Waals surface area contributed by atoms with E-state index < -0.39 is 0 Å². The lowest BCUT2D eigenvalue weighted by atomic mass is 9.90. The van der Waals surface area contributed by atoms with E-state index in [-0.39, 0.29) is 11.8 Å². The third kappa shape index (κ3) is 3.57. The van der Waals surface area contributed by atoms with Gasteiger partial charge >= 0.3 is 0 Å². The Kier molecular flexibility index (Phi) is 4.59. The molecule has 3 unspecified atom stereocenters. The summed E-state index contributed by atoms with van der Waals surface area (Å²) in [6, 6.07) is 10.8. The molecule has 1 fully saturated rings. The van der Waals surface area contributed by atoms with Gasteiger partial charge in [-0.15, -0.1) is 0 Å². The highest BCUT2D eigenvalue weighted by Crippen LogP contribution is 2.25. The van der Waals surface area contributed by atoms with Crippen LogP contribution in [0.4, 0.5) is 0 Å². The van der Waals surface area contributed by atoms with Crippen molar-refractivity contribution in [3.8, 4) is 0 Å². The summed E-state index contributed by atoms with van der Waals surface area (Å²) < 4.78 is 0. The molecule has 1 aromatic carbocycles. The number of benzene rings is 1. The van der Waals surface area contributed by atoms with Crippen LogP contribution >= 0.6 is 0 Å². The normalized spacial score (nSPS) is 26.0. The molecule has 3 atom stereocenters. The Morgan fingerprint density at radius 2 is 2.05 bits per heavy atom. The zero-order chi connectivity index (χ0) is 13.8. The largest absolute Gasteiger partial charge is 0.387 e. The quantitative estimate of drug-likeness (QED) is 0.645. The predicted octanol–water partition coefficient (Wildman–Crippen LogP) is 2.83. The van der Waals surface area contributed by atoms with Crippen LogP contribution in [0.3, 0.4) is 0 Å². The molecule has 1 saturated heterocycles. The number of nitrogens with zero attached hydrogens (tertiary/aromatic N) is 1. The smallest absolute Gasteiger partial charge is 0.0995 e. The first-order valence-corrected chi connectivity index (χ1v) is 7.21. The van der Waals surface area contributed by atoms with Crippen molar-refractivity contribution in [1.29, 1.82) is 5.41 Å². The molecule has 3 N–H and O–H groups in total. The minimum atomic E-state index is 0.0251. The molecule has 1 aromatic rings. The Morgan fingerprint density at radius 3 is 2.63 bits per heavy atom. The summed E-state index contributed by atoms with van der Waals surface area (Å²) in [5.41, 5.74) is 6.97. The van der Waals surface area contributed by atoms with Gasteiger partial charge in [0.25, 0.3) is 0 Å². The lowest BCUT2D eigenvalue weighted by Gasteiger charge is -2.38. The van der Waals surface area contributed by atoms with Gasteiger partial charge in [-0.2, -0.15) is 0 Å². The second-order valence-electron chi connectivity index (χ2n) is 5.89. The third-order valence-electron chi connectivity index (χ3n) is 4.27. The second-order valence-corrected chi connectivity index (χ2v) is 5.89. The number of piperidine rings is 1. The Balaban J connectivity index is 2.07. The van der Waals surface area contributed by atoms with Crippen LogP contribution in [0.15, 0.2) is 30.3 Å². The molecule has 104 valence electrons. The summed E-state index contributed by atoms with van der Waals surface area (Å²) in [4.78, 5) is 2.49. The Morgan fingerprint density at radius 1 is 1.37 bits per heavy atom. The molecule has 1 aliphatic heterocycles. The number of nitrogens with two attached hydrogens (primary N) is 1. The van der Waals surface area contributed by atoms with E-state index in [1.807, 2.05) is 18.2 Å². The average molecular weight is 259 g/mol. The molecule has 0 aliphatic carbocycles. The van der Waals surface area contributed by atoms with E-state index in [0.29, 0.717) is 6.04 Å². The van der Waals surface area contributed by atoms with Crippen LogP contribution in [-0.2, 0) is 0 Å². The van der Waals surface area contributed by atoms with E-state index in [0.717, 1.165) is 24.6 Å². The number of nitrogens with one attached hydrogen (secondary N) is 1. The molecule has 0 saturated carbocycles. The summed E-state index contributed by atoms with van der Waals surface area (Å²) >= 11 is 0. The number of hydrogen-bond donors (Lipinski definition) is 2. The topological polar surface area (TPSA) is 53.1 Å². The van der Waals surface area contributed by atoms with Crippen molar-refractivity contribution < 1.29 is 0 Å². The van der Waals surface area contributed by atoms with Crippen molar-refractivity contribution in [2.75, 3.05) is 13.1 Å². The molecule has 1 heterocycles. The molecule has 3 heteroatoms. The van der Waals surface area contributed by atoms with Crippen LogP contribution in [0.2, 0.25) is 0 Å². The molecule has 0 amide bonds. The van der Waals surface area contributed by atoms with Gasteiger partial charge in [0.2, 0.25) is 0 Å². The lowest BCUT2D eigenvalue weighted by molar-refractivity contribution is 0.128. The first kappa shape index (κ1) is 14.1. The van der Waals surface area contributed by atoms with Gasteiger partial charge in [0, 0.05) is 12.6 Å². The molecule has 0 aromatic heterocycles. The fourth-order valence-corrected chi connectivity index (χ4v) is 3.03. The number of amidine groups is 1. The molecule has 0 radical (unpaired) electrons. The monoisotopic (exact) mass is 259 g/mol. The molecular weight excluding hydrogens is 234 g/mol. The highest BCUT2D eigenvalue weighted by atomic mass is 15.2. The summed E-state index contributed by atoms with van der Waals surface area (Å²) in [6.45, 7) is 6.61. The van der Waals surface area contributed by atoms with Crippen LogP contribution in [-0.4, -0.2) is 29.9 Å². The maximum atomic E-state index is 7.86. The molecule has 0 spiro atoms. The Hall–Kier alpha value is -1.35. The van der Waals surface area contributed by atoms with E-state index in [9.17, 15) is 0 Å². The number of likely N-dealkylation sites (tertiary alicyclic amines) is 1. The second kappa shape index (κ2) is 6.20. The zero-order valence-electron chi connectivity index (χ0n) is 12.0. The molecule has 19 heavy (non-hydrogen) atoms. The first-order valence-electron chi connectivity index (χ1n) is 7.21. The molecule has 1 aliphatic rings. The average Bonchev–Trinajstić information content (AvgIpc) is 2.38. The van der Waals surface area contributed by atoms with Crippen LogP contribution in [0, 0.1) is 11.3 Å². The number of hydrogen-bond acceptors (Lipinski definition) is 2. The van der Waals surface area contributed by atoms with Crippen molar-refractivity contribution >= 4 is 5.84 Å². The van der Waals surface area contributed by atoms with Gasteiger partial charge in [-0.05, 0) is 37.8 Å². The van der Waals surface area contributed by atoms with Gasteiger partial charge in [0.05, 0.1) is 11.8 Å². The van der Waals surface area contributed by atoms with Gasteiger partial charge in [-0.1, -0.05) is 37.3 Å². The lowest BCUT2D eigenvalue weighted by Crippen LogP contribution is -2.44. The van der Waals surface area contributed by atoms with Crippen molar-refractivity contribution in [2.24, 2.45) is 11.7 Å². The molecule has 2 rings (SSSR count). The van der Waals surface area contributed by atoms with E-state index in [1.54, 1.807) is 0 Å². The van der Waals surface area contributed by atoms with Crippen LogP contribution < -0.4 is 5.73 Å². The van der Waals surface area contributed by atoms with Crippen LogP contribution in [0.25, 0.3) is 0 Å². The van der Waals surface area contributed by atoms with E-state index in [4.69, 9.17) is 11.1 Å². The maximum absolute atomic E-state index is 7.86. The minimum absolute atomic E-state index is 0.0251. The van der Waals surface area contributed by atoms with Crippen molar-refractivity contribution in [2.45, 2.75) is 38.6 Å². The summed E-state index contributed by atoms with van der Waals surface area (Å²) in [5, 5.41) is 7.86. The Labute approximate surface area is 116 Å². The molecule has 3 nitrogen and oxygen atoms in total. The minimum Gasteiger partial charge on any atom is -0.387 e. The van der Waals surface area contributed by atoms with Crippen molar-refractivity contribution in [3.05, 3.63) is 35.9 Å². The Bertz CT molecular complexity index is 415. The van der Waals surface area contributed by atoms with Gasteiger partial charge in [-0.3, -0.25) is 10.3 Å². The van der Waals surface area contributed by atoms with Gasteiger partial charge < -0.3 is 5.73 Å². The van der Waals surface area contributed by atoms with Gasteiger partial charge in [0.1, 0.15) is 0 Å². The SMILES string of the molecule is CC1CCN(CC(C(=N)N)c2ccccc2)C(C)C1. The summed E-state index contributed by atoms with van der Waals surface area (Å²) in [5.74, 6) is 1.12. The fourth-order valence-electron chi connectivity index (χ4n) is 3.03. The first-order chi connectivity index (χ1) is 9.08. The van der Waals surface area contributed by atoms with E-state index in [2.05, 4.69) is 30.9 Å². The summed E-state index contributed by atoms with van der Waals surface area (Å²) in [6.07, 6.45) is 2.50. The van der Waals surface area contributed by atoms with E-state index in [1.165, 1.54) is 12.8 Å². The standard InChI is InChI=1S/C16H25N3/c1-12-8-9-19(13(2)10-12)11-15(16(17)18)14-6-4-3-5-7-14/h3-7,12-13,15H,8-11H2,1-2H3,(H3,17,18). The highest BCUT2D eigenvalue weighted by Gasteiger charge is 2.26. The van der Waals surface area contributed by atoms with Crippen molar-refractivity contribution in [3.63, 3.8) is 0 Å². The third-order valence-corrected chi connectivity index (χ3v) is 4.27. The van der Waals surface area contributed by atoms with Crippen LogP contribution in [0.5, 0.6) is 0 Å². The maximum Gasteiger partial charge on any atom is 0.0995 e. The van der Waals surface area contributed by atoms with Gasteiger partial charge in [0.15, 0.2) is 0 Å². The zero-order valence-corrected chi connectivity index (χ0v) is 12.0.